The molecule has 72 valence electrons. The van der Waals surface area contributed by atoms with Crippen LogP contribution in [0.4, 0.5) is 0 Å². The summed E-state index contributed by atoms with van der Waals surface area (Å²) in [6.45, 7) is 7.68. The van der Waals surface area contributed by atoms with Crippen LogP contribution in [0, 0.1) is 5.92 Å². The normalized spacial score (nSPS) is 32.0. The SMILES string of the molecule is C[C@@H]1CC[C@H](C(C)(C)OP)NC1. The molecule has 1 aliphatic rings. The Labute approximate surface area is 77.7 Å². The number of hydrogen-bond acceptors (Lipinski definition) is 2. The van der Waals surface area contributed by atoms with Crippen LogP contribution in [-0.2, 0) is 4.52 Å². The van der Waals surface area contributed by atoms with Crippen molar-refractivity contribution in [1.82, 2.24) is 5.32 Å². The molecule has 1 aliphatic heterocycles. The fourth-order valence-electron chi connectivity index (χ4n) is 1.67. The first-order valence-corrected chi connectivity index (χ1v) is 5.14. The molecule has 0 amide bonds. The summed E-state index contributed by atoms with van der Waals surface area (Å²) in [5.41, 5.74) is -0.0508. The topological polar surface area (TPSA) is 21.3 Å². The van der Waals surface area contributed by atoms with E-state index in [0.29, 0.717) is 6.04 Å². The summed E-state index contributed by atoms with van der Waals surface area (Å²) in [5, 5.41) is 3.52. The van der Waals surface area contributed by atoms with E-state index in [1.165, 1.54) is 12.8 Å². The average molecular weight is 189 g/mol. The lowest BCUT2D eigenvalue weighted by atomic mass is 9.87. The van der Waals surface area contributed by atoms with Gasteiger partial charge in [0.05, 0.1) is 5.60 Å². The van der Waals surface area contributed by atoms with Crippen LogP contribution in [0.3, 0.4) is 0 Å². The molecular weight excluding hydrogens is 169 g/mol. The van der Waals surface area contributed by atoms with Gasteiger partial charge in [-0.05, 0) is 39.2 Å². The Bertz CT molecular complexity index is 141. The van der Waals surface area contributed by atoms with Crippen LogP contribution >= 0.6 is 9.47 Å². The monoisotopic (exact) mass is 189 g/mol. The fraction of sp³-hybridized carbons (Fsp3) is 1.00. The Morgan fingerprint density at radius 3 is 2.50 bits per heavy atom. The van der Waals surface area contributed by atoms with Crippen LogP contribution in [-0.4, -0.2) is 18.2 Å². The molecule has 3 atom stereocenters. The van der Waals surface area contributed by atoms with Gasteiger partial charge in [-0.1, -0.05) is 6.92 Å². The zero-order chi connectivity index (χ0) is 9.19. The zero-order valence-corrected chi connectivity index (χ0v) is 9.42. The molecule has 0 aromatic heterocycles. The standard InChI is InChI=1S/C9H20NOP/c1-7-4-5-8(10-6-7)9(2,3)11-12/h7-8,10H,4-6,12H2,1-3H3/t7-,8-/m1/s1. The summed E-state index contributed by atoms with van der Waals surface area (Å²) in [5.74, 6) is 0.821. The van der Waals surface area contributed by atoms with Gasteiger partial charge >= 0.3 is 0 Å². The minimum atomic E-state index is -0.0508. The summed E-state index contributed by atoms with van der Waals surface area (Å²) in [6.07, 6.45) is 2.54. The van der Waals surface area contributed by atoms with E-state index in [9.17, 15) is 0 Å². The molecule has 1 unspecified atom stereocenters. The Hall–Kier alpha value is 0.350. The second-order valence-corrected chi connectivity index (χ2v) is 4.60. The molecule has 3 heteroatoms. The molecular formula is C9H20NOP. The molecule has 0 aliphatic carbocycles. The van der Waals surface area contributed by atoms with E-state index in [1.807, 2.05) is 0 Å². The molecule has 0 aromatic rings. The highest BCUT2D eigenvalue weighted by atomic mass is 31.0. The first-order chi connectivity index (χ1) is 5.56. The van der Waals surface area contributed by atoms with Gasteiger partial charge in [-0.15, -0.1) is 0 Å². The lowest BCUT2D eigenvalue weighted by Gasteiger charge is -2.38. The van der Waals surface area contributed by atoms with Crippen LogP contribution in [0.2, 0.25) is 0 Å². The highest BCUT2D eigenvalue weighted by molar-refractivity contribution is 7.09. The predicted octanol–water partition coefficient (Wildman–Crippen LogP) is 1.96. The van der Waals surface area contributed by atoms with E-state index in [4.69, 9.17) is 4.52 Å². The molecule has 0 bridgehead atoms. The van der Waals surface area contributed by atoms with Crippen molar-refractivity contribution in [3.05, 3.63) is 0 Å². The van der Waals surface area contributed by atoms with Gasteiger partial charge in [-0.2, -0.15) is 0 Å². The van der Waals surface area contributed by atoms with Crippen LogP contribution in [0.15, 0.2) is 0 Å². The number of nitrogens with one attached hydrogen (secondary N) is 1. The van der Waals surface area contributed by atoms with Gasteiger partial charge in [0.15, 0.2) is 0 Å². The average Bonchev–Trinajstić information content (AvgIpc) is 2.05. The number of piperidine rings is 1. The maximum absolute atomic E-state index is 5.37. The third-order valence-electron chi connectivity index (χ3n) is 2.80. The van der Waals surface area contributed by atoms with Crippen molar-refractivity contribution in [2.45, 2.75) is 45.3 Å². The summed E-state index contributed by atoms with van der Waals surface area (Å²) >= 11 is 0. The molecule has 12 heavy (non-hydrogen) atoms. The lowest BCUT2D eigenvalue weighted by molar-refractivity contribution is 0.0664. The van der Waals surface area contributed by atoms with Crippen molar-refractivity contribution >= 4 is 9.47 Å². The molecule has 0 radical (unpaired) electrons. The highest BCUT2D eigenvalue weighted by Crippen LogP contribution is 2.25. The van der Waals surface area contributed by atoms with Crippen LogP contribution in [0.1, 0.15) is 33.6 Å². The van der Waals surface area contributed by atoms with Crippen molar-refractivity contribution in [1.29, 1.82) is 0 Å². The molecule has 1 saturated heterocycles. The van der Waals surface area contributed by atoms with Gasteiger partial charge in [0.25, 0.3) is 0 Å². The van der Waals surface area contributed by atoms with E-state index in [1.54, 1.807) is 0 Å². The van der Waals surface area contributed by atoms with Gasteiger partial charge in [0.1, 0.15) is 0 Å². The minimum Gasteiger partial charge on any atom is -0.358 e. The molecule has 1 N–H and O–H groups in total. The summed E-state index contributed by atoms with van der Waals surface area (Å²) < 4.78 is 5.37. The van der Waals surface area contributed by atoms with Crippen molar-refractivity contribution in [3.8, 4) is 0 Å². The first kappa shape index (κ1) is 10.4. The highest BCUT2D eigenvalue weighted by Gasteiger charge is 2.31. The first-order valence-electron chi connectivity index (χ1n) is 4.67. The Kier molecular flexibility index (Phi) is 3.51. The van der Waals surface area contributed by atoms with E-state index in [0.717, 1.165) is 12.5 Å². The van der Waals surface area contributed by atoms with Gasteiger partial charge in [0, 0.05) is 15.5 Å². The minimum absolute atomic E-state index is 0.0508. The molecule has 0 saturated carbocycles. The van der Waals surface area contributed by atoms with Gasteiger partial charge in [0.2, 0.25) is 0 Å². The molecule has 1 rings (SSSR count). The molecule has 1 fully saturated rings. The quantitative estimate of drug-likeness (QED) is 0.670. The molecule has 1 heterocycles. The van der Waals surface area contributed by atoms with Gasteiger partial charge in [-0.25, -0.2) is 0 Å². The third kappa shape index (κ3) is 2.42. The summed E-state index contributed by atoms with van der Waals surface area (Å²) in [7, 11) is 2.36. The van der Waals surface area contributed by atoms with Crippen LogP contribution in [0.25, 0.3) is 0 Å². The van der Waals surface area contributed by atoms with Crippen molar-refractivity contribution in [2.24, 2.45) is 5.92 Å². The molecule has 2 nitrogen and oxygen atoms in total. The van der Waals surface area contributed by atoms with Crippen molar-refractivity contribution < 1.29 is 4.52 Å². The third-order valence-corrected chi connectivity index (χ3v) is 3.41. The number of hydrogen-bond donors (Lipinski definition) is 1. The Balaban J connectivity index is 2.44. The van der Waals surface area contributed by atoms with E-state index in [-0.39, 0.29) is 5.60 Å². The van der Waals surface area contributed by atoms with Gasteiger partial charge in [-0.3, -0.25) is 0 Å². The number of rotatable bonds is 2. The second-order valence-electron chi connectivity index (χ2n) is 4.36. The smallest absolute Gasteiger partial charge is 0.0814 e. The molecule has 0 aromatic carbocycles. The van der Waals surface area contributed by atoms with Crippen molar-refractivity contribution in [3.63, 3.8) is 0 Å². The fourth-order valence-corrected chi connectivity index (χ4v) is 1.84. The Morgan fingerprint density at radius 2 is 2.08 bits per heavy atom. The van der Waals surface area contributed by atoms with Crippen LogP contribution in [0.5, 0.6) is 0 Å². The van der Waals surface area contributed by atoms with Crippen molar-refractivity contribution in [2.75, 3.05) is 6.54 Å². The summed E-state index contributed by atoms with van der Waals surface area (Å²) in [4.78, 5) is 0. The maximum Gasteiger partial charge on any atom is 0.0814 e. The predicted molar refractivity (Wildman–Crippen MR) is 55.1 cm³/mol. The van der Waals surface area contributed by atoms with E-state index < -0.39 is 0 Å². The van der Waals surface area contributed by atoms with E-state index in [2.05, 4.69) is 35.6 Å². The van der Waals surface area contributed by atoms with E-state index >= 15 is 0 Å². The van der Waals surface area contributed by atoms with Crippen LogP contribution < -0.4 is 5.32 Å². The zero-order valence-electron chi connectivity index (χ0n) is 8.26. The lowest BCUT2D eigenvalue weighted by Crippen LogP contribution is -2.51. The Morgan fingerprint density at radius 1 is 1.42 bits per heavy atom. The maximum atomic E-state index is 5.37. The largest absolute Gasteiger partial charge is 0.358 e. The summed E-state index contributed by atoms with van der Waals surface area (Å²) in [6, 6.07) is 0.506. The molecule has 0 spiro atoms. The second kappa shape index (κ2) is 4.04. The van der Waals surface area contributed by atoms with Gasteiger partial charge < -0.3 is 9.84 Å².